The van der Waals surface area contributed by atoms with Crippen LogP contribution in [-0.4, -0.2) is 34.2 Å². The fourth-order valence-corrected chi connectivity index (χ4v) is 4.28. The van der Waals surface area contributed by atoms with E-state index in [9.17, 15) is 14.9 Å². The molecule has 0 bridgehead atoms. The summed E-state index contributed by atoms with van der Waals surface area (Å²) in [4.78, 5) is 37.6. The van der Waals surface area contributed by atoms with E-state index < -0.39 is 22.8 Å². The van der Waals surface area contributed by atoms with E-state index in [0.29, 0.717) is 28.1 Å². The Kier molecular flexibility index (Phi) is 8.47. The van der Waals surface area contributed by atoms with Crippen molar-refractivity contribution in [2.24, 2.45) is 0 Å². The number of benzene rings is 3. The molecule has 0 saturated carbocycles. The minimum Gasteiger partial charge on any atom is -0.444 e. The lowest BCUT2D eigenvalue weighted by Crippen LogP contribution is -2.52. The summed E-state index contributed by atoms with van der Waals surface area (Å²) in [6, 6.07) is 26.4. The number of carbonyl (C=O) groups is 1. The van der Waals surface area contributed by atoms with Crippen LogP contribution < -0.4 is 9.47 Å². The predicted octanol–water partition coefficient (Wildman–Crippen LogP) is 4.74. The first-order valence-corrected chi connectivity index (χ1v) is 12.0. The van der Waals surface area contributed by atoms with Crippen LogP contribution in [0.4, 0.5) is 0 Å². The number of esters is 1. The van der Waals surface area contributed by atoms with Gasteiger partial charge in [-0.05, 0) is 48.7 Å². The van der Waals surface area contributed by atoms with Gasteiger partial charge in [0.15, 0.2) is 5.60 Å². The zero-order chi connectivity index (χ0) is 27.8. The lowest BCUT2D eigenvalue weighted by atomic mass is 9.81. The number of hydrogen-bond acceptors (Lipinski definition) is 9. The molecule has 1 aromatic heterocycles. The van der Waals surface area contributed by atoms with Crippen LogP contribution in [0.1, 0.15) is 28.1 Å². The quantitative estimate of drug-likeness (QED) is 0.117. The third-order valence-corrected chi connectivity index (χ3v) is 5.97. The van der Waals surface area contributed by atoms with Crippen LogP contribution >= 0.6 is 0 Å². The normalized spacial score (nSPS) is 11.9. The van der Waals surface area contributed by atoms with E-state index in [1.165, 1.54) is 19.2 Å². The van der Waals surface area contributed by atoms with Crippen molar-refractivity contribution in [1.29, 1.82) is 0 Å². The highest BCUT2D eigenvalue weighted by Crippen LogP contribution is 2.39. The standard InChI is InChI=1S/C29H27N3O7/c1-20-18-21(2)31-28(30-20)39-26(27(33)38-25-16-14-22(15-17-25)19-37-32(34)35)29(36-3,23-10-6-4-7-11-23)24-12-8-5-9-13-24/h4-18,26H,19H2,1-3H3. The lowest BCUT2D eigenvalue weighted by Gasteiger charge is -2.38. The van der Waals surface area contributed by atoms with Crippen LogP contribution in [0.2, 0.25) is 0 Å². The molecule has 4 rings (SSSR count). The van der Waals surface area contributed by atoms with Crippen molar-refractivity contribution in [3.05, 3.63) is 129 Å². The number of hydrogen-bond donors (Lipinski definition) is 0. The van der Waals surface area contributed by atoms with Crippen LogP contribution in [0, 0.1) is 24.0 Å². The first-order valence-electron chi connectivity index (χ1n) is 12.0. The SMILES string of the molecule is COC(c1ccccc1)(c1ccccc1)C(Oc1nc(C)cc(C)n1)C(=O)Oc1ccc(CO[N+](=O)[O-])cc1. The van der Waals surface area contributed by atoms with Crippen LogP contribution in [0.25, 0.3) is 0 Å². The van der Waals surface area contributed by atoms with E-state index in [1.54, 1.807) is 32.0 Å². The van der Waals surface area contributed by atoms with E-state index in [-0.39, 0.29) is 18.4 Å². The van der Waals surface area contributed by atoms with Crippen LogP contribution in [0.3, 0.4) is 0 Å². The largest absolute Gasteiger partial charge is 0.444 e. The Bertz CT molecular complexity index is 1350. The second-order valence-electron chi connectivity index (χ2n) is 8.67. The maximum atomic E-state index is 13.9. The van der Waals surface area contributed by atoms with Gasteiger partial charge >= 0.3 is 12.0 Å². The van der Waals surface area contributed by atoms with E-state index >= 15 is 0 Å². The molecule has 39 heavy (non-hydrogen) atoms. The molecule has 200 valence electrons. The van der Waals surface area contributed by atoms with Crippen molar-refractivity contribution in [2.75, 3.05) is 7.11 Å². The highest BCUT2D eigenvalue weighted by atomic mass is 16.9. The van der Waals surface area contributed by atoms with Crippen molar-refractivity contribution in [3.8, 4) is 11.8 Å². The zero-order valence-electron chi connectivity index (χ0n) is 21.6. The molecule has 1 atom stereocenters. The molecular weight excluding hydrogens is 502 g/mol. The van der Waals surface area contributed by atoms with Gasteiger partial charge in [0.05, 0.1) is 0 Å². The molecule has 0 N–H and O–H groups in total. The smallest absolute Gasteiger partial charge is 0.356 e. The number of methoxy groups -OCH3 is 1. The molecule has 1 heterocycles. The molecule has 3 aromatic carbocycles. The van der Waals surface area contributed by atoms with Crippen LogP contribution in [0.5, 0.6) is 11.8 Å². The van der Waals surface area contributed by atoms with Gasteiger partial charge in [0.1, 0.15) is 12.4 Å². The highest BCUT2D eigenvalue weighted by Gasteiger charge is 2.50. The maximum Gasteiger partial charge on any atom is 0.356 e. The van der Waals surface area contributed by atoms with Gasteiger partial charge in [0.2, 0.25) is 6.10 Å². The summed E-state index contributed by atoms with van der Waals surface area (Å²) in [5.41, 5.74) is 1.72. The van der Waals surface area contributed by atoms with Gasteiger partial charge in [-0.3, -0.25) is 0 Å². The van der Waals surface area contributed by atoms with Crippen molar-refractivity contribution in [1.82, 2.24) is 9.97 Å². The summed E-state index contributed by atoms with van der Waals surface area (Å²) in [7, 11) is 1.50. The van der Waals surface area contributed by atoms with Gasteiger partial charge in [-0.2, -0.15) is 0 Å². The Labute approximate surface area is 225 Å². The summed E-state index contributed by atoms with van der Waals surface area (Å²) in [5, 5.41) is 9.61. The Hall–Kier alpha value is -4.83. The Morgan fingerprint density at radius 2 is 1.44 bits per heavy atom. The van der Waals surface area contributed by atoms with Crippen LogP contribution in [0.15, 0.2) is 91.0 Å². The van der Waals surface area contributed by atoms with Gasteiger partial charge in [-0.1, -0.05) is 72.8 Å². The fraction of sp³-hybridized carbons (Fsp3) is 0.207. The summed E-state index contributed by atoms with van der Waals surface area (Å²) >= 11 is 0. The average molecular weight is 530 g/mol. The molecule has 0 aliphatic carbocycles. The second kappa shape index (κ2) is 12.1. The van der Waals surface area contributed by atoms with Crippen molar-refractivity contribution >= 4 is 5.97 Å². The number of ether oxygens (including phenoxy) is 3. The molecular formula is C29H27N3O7. The van der Waals surface area contributed by atoms with Crippen molar-refractivity contribution < 1.29 is 28.9 Å². The van der Waals surface area contributed by atoms with Gasteiger partial charge in [-0.15, -0.1) is 10.1 Å². The number of nitrogens with zero attached hydrogens (tertiary/aromatic N) is 3. The lowest BCUT2D eigenvalue weighted by molar-refractivity contribution is -0.763. The molecule has 0 saturated heterocycles. The summed E-state index contributed by atoms with van der Waals surface area (Å²) < 4.78 is 18.2. The molecule has 4 aromatic rings. The molecule has 10 nitrogen and oxygen atoms in total. The first kappa shape index (κ1) is 27.2. The second-order valence-corrected chi connectivity index (χ2v) is 8.67. The van der Waals surface area contributed by atoms with Crippen LogP contribution in [-0.2, 0) is 26.6 Å². The van der Waals surface area contributed by atoms with E-state index in [1.807, 2.05) is 60.7 Å². The third-order valence-electron chi connectivity index (χ3n) is 5.97. The Balaban J connectivity index is 1.78. The summed E-state index contributed by atoms with van der Waals surface area (Å²) in [6.07, 6.45) is -1.38. The molecule has 0 aliphatic rings. The Morgan fingerprint density at radius 3 is 1.92 bits per heavy atom. The molecule has 0 spiro atoms. The zero-order valence-corrected chi connectivity index (χ0v) is 21.6. The van der Waals surface area contributed by atoms with Gasteiger partial charge in [0.25, 0.3) is 5.09 Å². The molecule has 0 aliphatic heterocycles. The van der Waals surface area contributed by atoms with Crippen molar-refractivity contribution in [2.45, 2.75) is 32.2 Å². The van der Waals surface area contributed by atoms with E-state index in [0.717, 1.165) is 0 Å². The molecule has 0 amide bonds. The summed E-state index contributed by atoms with van der Waals surface area (Å²) in [5.74, 6) is -0.562. The number of aryl methyl sites for hydroxylation is 2. The Morgan fingerprint density at radius 1 is 0.897 bits per heavy atom. The topological polar surface area (TPSA) is 123 Å². The first-order chi connectivity index (χ1) is 18.8. The average Bonchev–Trinajstić information content (AvgIpc) is 2.93. The minimum atomic E-state index is -1.44. The van der Waals surface area contributed by atoms with Gasteiger partial charge in [0, 0.05) is 18.5 Å². The van der Waals surface area contributed by atoms with Crippen molar-refractivity contribution in [3.63, 3.8) is 0 Å². The molecule has 10 heteroatoms. The molecule has 1 unspecified atom stereocenters. The predicted molar refractivity (Wildman–Crippen MR) is 140 cm³/mol. The van der Waals surface area contributed by atoms with E-state index in [4.69, 9.17) is 14.2 Å². The maximum absolute atomic E-state index is 13.9. The fourth-order valence-electron chi connectivity index (χ4n) is 4.28. The van der Waals surface area contributed by atoms with Gasteiger partial charge in [-0.25, -0.2) is 14.8 Å². The highest BCUT2D eigenvalue weighted by molar-refractivity contribution is 5.80. The summed E-state index contributed by atoms with van der Waals surface area (Å²) in [6.45, 7) is 3.37. The number of carbonyl (C=O) groups excluding carboxylic acids is 1. The third kappa shape index (κ3) is 6.36. The minimum absolute atomic E-state index is 0.00462. The molecule has 0 radical (unpaired) electrons. The number of rotatable bonds is 11. The molecule has 0 fully saturated rings. The number of aromatic nitrogens is 2. The monoisotopic (exact) mass is 529 g/mol. The van der Waals surface area contributed by atoms with E-state index in [2.05, 4.69) is 14.8 Å². The van der Waals surface area contributed by atoms with Gasteiger partial charge < -0.3 is 19.0 Å².